The second-order valence-electron chi connectivity index (χ2n) is 4.13. The van der Waals surface area contributed by atoms with Crippen LogP contribution in [-0.2, 0) is 4.79 Å². The molecule has 15 heavy (non-hydrogen) atoms. The first kappa shape index (κ1) is 10.2. The topological polar surface area (TPSA) is 29.1 Å². The summed E-state index contributed by atoms with van der Waals surface area (Å²) in [5.74, 6) is 0.369. The Morgan fingerprint density at radius 3 is 2.60 bits per heavy atom. The van der Waals surface area contributed by atoms with Gasteiger partial charge in [0, 0.05) is 11.6 Å². The van der Waals surface area contributed by atoms with Gasteiger partial charge in [-0.2, -0.15) is 0 Å². The molecule has 0 atom stereocenters. The van der Waals surface area contributed by atoms with Gasteiger partial charge >= 0.3 is 0 Å². The Morgan fingerprint density at radius 1 is 1.27 bits per heavy atom. The van der Waals surface area contributed by atoms with E-state index in [1.165, 1.54) is 12.8 Å². The van der Waals surface area contributed by atoms with Crippen molar-refractivity contribution in [3.63, 3.8) is 0 Å². The molecule has 0 bridgehead atoms. The number of hydrogen-bond donors (Lipinski definition) is 1. The minimum Gasteiger partial charge on any atom is -0.326 e. The van der Waals surface area contributed by atoms with Gasteiger partial charge in [-0.05, 0) is 31.4 Å². The van der Waals surface area contributed by atoms with Crippen LogP contribution in [0.5, 0.6) is 0 Å². The molecule has 1 saturated carbocycles. The quantitative estimate of drug-likeness (QED) is 0.784. The Hall–Kier alpha value is -1.31. The van der Waals surface area contributed by atoms with Crippen molar-refractivity contribution in [2.24, 2.45) is 5.92 Å². The molecule has 1 aliphatic rings. The van der Waals surface area contributed by atoms with Gasteiger partial charge in [-0.3, -0.25) is 4.79 Å². The Bertz CT molecular complexity index is 353. The van der Waals surface area contributed by atoms with Crippen molar-refractivity contribution in [3.8, 4) is 0 Å². The van der Waals surface area contributed by atoms with Crippen LogP contribution in [-0.4, -0.2) is 5.91 Å². The van der Waals surface area contributed by atoms with Crippen molar-refractivity contribution in [2.75, 3.05) is 5.32 Å². The lowest BCUT2D eigenvalue weighted by Gasteiger charge is -2.11. The van der Waals surface area contributed by atoms with Crippen molar-refractivity contribution in [1.82, 2.24) is 0 Å². The number of hydrogen-bond acceptors (Lipinski definition) is 1. The first-order chi connectivity index (χ1) is 7.27. The Labute approximate surface area is 90.7 Å². The van der Waals surface area contributed by atoms with Gasteiger partial charge in [0.05, 0.1) is 0 Å². The molecule has 0 spiro atoms. The van der Waals surface area contributed by atoms with Gasteiger partial charge in [0.2, 0.25) is 5.91 Å². The highest BCUT2D eigenvalue weighted by atomic mass is 16.1. The summed E-state index contributed by atoms with van der Waals surface area (Å²) < 4.78 is 0. The average Bonchev–Trinajstić information content (AvgIpc) is 2.74. The molecular weight excluding hydrogens is 186 g/mol. The Kier molecular flexibility index (Phi) is 3.05. The molecule has 2 rings (SSSR count). The molecule has 1 aliphatic carbocycles. The maximum Gasteiger partial charge on any atom is 0.227 e. The average molecular weight is 202 g/mol. The number of carbonyl (C=O) groups is 1. The maximum atomic E-state index is 11.8. The van der Waals surface area contributed by atoms with Gasteiger partial charge in [-0.15, -0.1) is 0 Å². The van der Waals surface area contributed by atoms with E-state index in [0.29, 0.717) is 0 Å². The first-order valence-electron chi connectivity index (χ1n) is 5.49. The molecule has 2 nitrogen and oxygen atoms in total. The van der Waals surface area contributed by atoms with E-state index in [9.17, 15) is 4.79 Å². The van der Waals surface area contributed by atoms with E-state index in [1.807, 2.05) is 24.3 Å². The molecule has 1 aromatic rings. The number of nitrogens with one attached hydrogen (secondary N) is 1. The maximum absolute atomic E-state index is 11.8. The summed E-state index contributed by atoms with van der Waals surface area (Å²) in [6.07, 6.45) is 4.44. The lowest BCUT2D eigenvalue weighted by molar-refractivity contribution is -0.119. The number of amides is 1. The number of para-hydroxylation sites is 1. The molecule has 1 radical (unpaired) electrons. The summed E-state index contributed by atoms with van der Waals surface area (Å²) in [6, 6.07) is 7.64. The minimum atomic E-state index is 0.156. The fourth-order valence-electron chi connectivity index (χ4n) is 2.07. The van der Waals surface area contributed by atoms with E-state index in [1.54, 1.807) is 0 Å². The van der Waals surface area contributed by atoms with Crippen molar-refractivity contribution < 1.29 is 4.79 Å². The highest BCUT2D eigenvalue weighted by Gasteiger charge is 2.22. The third-order valence-electron chi connectivity index (χ3n) is 3.00. The largest absolute Gasteiger partial charge is 0.326 e. The number of anilines is 1. The van der Waals surface area contributed by atoms with Crippen molar-refractivity contribution in [3.05, 3.63) is 36.8 Å². The SMILES string of the molecule is [CH2]c1ccccc1NC(=O)C1CCCC1. The third-order valence-corrected chi connectivity index (χ3v) is 3.00. The van der Waals surface area contributed by atoms with E-state index < -0.39 is 0 Å². The molecular formula is C13H16NO. The smallest absolute Gasteiger partial charge is 0.227 e. The minimum absolute atomic E-state index is 0.156. The summed E-state index contributed by atoms with van der Waals surface area (Å²) in [6.45, 7) is 3.89. The third kappa shape index (κ3) is 2.38. The molecule has 0 unspecified atom stereocenters. The zero-order valence-corrected chi connectivity index (χ0v) is 8.83. The Balaban J connectivity index is 2.02. The first-order valence-corrected chi connectivity index (χ1v) is 5.49. The number of carbonyl (C=O) groups excluding carboxylic acids is 1. The van der Waals surface area contributed by atoms with Crippen LogP contribution in [0.25, 0.3) is 0 Å². The zero-order chi connectivity index (χ0) is 10.7. The fourth-order valence-corrected chi connectivity index (χ4v) is 2.07. The van der Waals surface area contributed by atoms with Crippen molar-refractivity contribution in [1.29, 1.82) is 0 Å². The van der Waals surface area contributed by atoms with E-state index in [0.717, 1.165) is 24.1 Å². The Morgan fingerprint density at radius 2 is 1.93 bits per heavy atom. The predicted octanol–water partition coefficient (Wildman–Crippen LogP) is 3.00. The second-order valence-corrected chi connectivity index (χ2v) is 4.13. The standard InChI is InChI=1S/C13H16NO/c1-10-6-2-5-9-12(10)14-13(15)11-7-3-4-8-11/h2,5-6,9,11H,1,3-4,7-8H2,(H,14,15). The normalized spacial score (nSPS) is 16.6. The fraction of sp³-hybridized carbons (Fsp3) is 0.385. The van der Waals surface area contributed by atoms with Crippen LogP contribution in [0.2, 0.25) is 0 Å². The van der Waals surface area contributed by atoms with Gasteiger partial charge in [-0.25, -0.2) is 0 Å². The lowest BCUT2D eigenvalue weighted by Crippen LogP contribution is -2.20. The van der Waals surface area contributed by atoms with Crippen LogP contribution in [0.3, 0.4) is 0 Å². The molecule has 1 N–H and O–H groups in total. The van der Waals surface area contributed by atoms with E-state index >= 15 is 0 Å². The highest BCUT2D eigenvalue weighted by molar-refractivity contribution is 5.93. The molecule has 0 heterocycles. The van der Waals surface area contributed by atoms with Crippen molar-refractivity contribution in [2.45, 2.75) is 25.7 Å². The molecule has 1 fully saturated rings. The van der Waals surface area contributed by atoms with Gasteiger partial charge in [-0.1, -0.05) is 31.0 Å². The summed E-state index contributed by atoms with van der Waals surface area (Å²) in [4.78, 5) is 11.8. The van der Waals surface area contributed by atoms with Crippen LogP contribution in [0.15, 0.2) is 24.3 Å². The zero-order valence-electron chi connectivity index (χ0n) is 8.83. The number of rotatable bonds is 2. The number of benzene rings is 1. The van der Waals surface area contributed by atoms with Crippen LogP contribution >= 0.6 is 0 Å². The molecule has 2 heteroatoms. The summed E-state index contributed by atoms with van der Waals surface area (Å²) in [7, 11) is 0. The molecule has 0 aliphatic heterocycles. The van der Waals surface area contributed by atoms with E-state index in [-0.39, 0.29) is 11.8 Å². The monoisotopic (exact) mass is 202 g/mol. The lowest BCUT2D eigenvalue weighted by atomic mass is 10.1. The highest BCUT2D eigenvalue weighted by Crippen LogP contribution is 2.26. The molecule has 0 aromatic heterocycles. The van der Waals surface area contributed by atoms with Crippen LogP contribution in [0.4, 0.5) is 5.69 Å². The van der Waals surface area contributed by atoms with Crippen LogP contribution in [0.1, 0.15) is 31.2 Å². The predicted molar refractivity (Wildman–Crippen MR) is 61.5 cm³/mol. The van der Waals surface area contributed by atoms with Gasteiger partial charge in [0.15, 0.2) is 0 Å². The van der Waals surface area contributed by atoms with E-state index in [4.69, 9.17) is 0 Å². The molecule has 0 saturated heterocycles. The van der Waals surface area contributed by atoms with Crippen LogP contribution in [0, 0.1) is 12.8 Å². The molecule has 1 amide bonds. The van der Waals surface area contributed by atoms with Gasteiger partial charge in [0.25, 0.3) is 0 Å². The summed E-state index contributed by atoms with van der Waals surface area (Å²) >= 11 is 0. The summed E-state index contributed by atoms with van der Waals surface area (Å²) in [5.41, 5.74) is 1.72. The van der Waals surface area contributed by atoms with E-state index in [2.05, 4.69) is 12.2 Å². The molecule has 1 aromatic carbocycles. The van der Waals surface area contributed by atoms with Gasteiger partial charge < -0.3 is 5.32 Å². The van der Waals surface area contributed by atoms with Crippen LogP contribution < -0.4 is 5.32 Å². The van der Waals surface area contributed by atoms with Gasteiger partial charge in [0.1, 0.15) is 0 Å². The second kappa shape index (κ2) is 4.47. The summed E-state index contributed by atoms with van der Waals surface area (Å²) in [5, 5.41) is 2.95. The van der Waals surface area contributed by atoms with Crippen molar-refractivity contribution >= 4 is 11.6 Å². The molecule has 79 valence electrons.